The highest BCUT2D eigenvalue weighted by Crippen LogP contribution is 2.35. The van der Waals surface area contributed by atoms with Gasteiger partial charge in [-0.2, -0.15) is 0 Å². The van der Waals surface area contributed by atoms with Crippen molar-refractivity contribution in [3.8, 4) is 5.75 Å². The molecule has 0 radical (unpaired) electrons. The summed E-state index contributed by atoms with van der Waals surface area (Å²) in [5.74, 6) is -0.756. The Balaban J connectivity index is 2.18. The Labute approximate surface area is 134 Å². The van der Waals surface area contributed by atoms with Gasteiger partial charge in [-0.05, 0) is 13.8 Å². The fourth-order valence-electron chi connectivity index (χ4n) is 2.78. The average Bonchev–Trinajstić information content (AvgIpc) is 2.46. The molecule has 1 aliphatic rings. The van der Waals surface area contributed by atoms with Crippen LogP contribution in [-0.2, 0) is 0 Å². The second kappa shape index (κ2) is 6.67. The van der Waals surface area contributed by atoms with Gasteiger partial charge in [-0.15, -0.1) is 0 Å². The Hall–Kier alpha value is -1.93. The summed E-state index contributed by atoms with van der Waals surface area (Å²) in [5, 5.41) is 21.1. The molecule has 2 rings (SSSR count). The lowest BCUT2D eigenvalue weighted by molar-refractivity contribution is -0.384. The molecule has 0 aliphatic carbocycles. The van der Waals surface area contributed by atoms with Crippen molar-refractivity contribution in [1.29, 1.82) is 0 Å². The molecular weight excluding hydrogens is 305 g/mol. The minimum atomic E-state index is -0.784. The van der Waals surface area contributed by atoms with E-state index in [1.807, 2.05) is 4.90 Å². The second-order valence-corrected chi connectivity index (χ2v) is 6.31. The van der Waals surface area contributed by atoms with Gasteiger partial charge < -0.3 is 14.7 Å². The van der Waals surface area contributed by atoms with Crippen LogP contribution in [0.3, 0.4) is 0 Å². The number of nitrogens with zero attached hydrogens (tertiary/aromatic N) is 3. The molecule has 8 heteroatoms. The molecule has 0 saturated carbocycles. The number of anilines is 1. The Morgan fingerprint density at radius 1 is 1.35 bits per heavy atom. The lowest BCUT2D eigenvalue weighted by Gasteiger charge is -2.38. The molecule has 1 N–H and O–H groups in total. The Kier molecular flexibility index (Phi) is 5.06. The van der Waals surface area contributed by atoms with Crippen molar-refractivity contribution in [2.45, 2.75) is 19.4 Å². The highest BCUT2D eigenvalue weighted by molar-refractivity contribution is 5.66. The highest BCUT2D eigenvalue weighted by atomic mass is 19.1. The molecule has 7 nitrogen and oxygen atoms in total. The van der Waals surface area contributed by atoms with Crippen molar-refractivity contribution in [3.63, 3.8) is 0 Å². The zero-order chi connectivity index (χ0) is 17.2. The van der Waals surface area contributed by atoms with Gasteiger partial charge in [0, 0.05) is 38.8 Å². The number of hydrogen-bond donors (Lipinski definition) is 1. The van der Waals surface area contributed by atoms with Gasteiger partial charge in [-0.25, -0.2) is 4.39 Å². The van der Waals surface area contributed by atoms with Gasteiger partial charge in [0.25, 0.3) is 5.69 Å². The van der Waals surface area contributed by atoms with Gasteiger partial charge in [-0.3, -0.25) is 15.0 Å². The summed E-state index contributed by atoms with van der Waals surface area (Å²) < 4.78 is 18.7. The van der Waals surface area contributed by atoms with Crippen LogP contribution in [-0.4, -0.2) is 60.4 Å². The molecule has 1 saturated heterocycles. The Bertz CT molecular complexity index is 581. The lowest BCUT2D eigenvalue weighted by atomic mass is 10.1. The zero-order valence-electron chi connectivity index (χ0n) is 13.6. The average molecular weight is 327 g/mol. The molecule has 1 aromatic rings. The number of aliphatic hydroxyl groups is 1. The number of ether oxygens (including phenoxy) is 1. The second-order valence-electron chi connectivity index (χ2n) is 6.31. The third-order valence-corrected chi connectivity index (χ3v) is 3.77. The van der Waals surface area contributed by atoms with E-state index in [9.17, 15) is 19.6 Å². The number of methoxy groups -OCH3 is 1. The number of halogens is 1. The van der Waals surface area contributed by atoms with Gasteiger partial charge in [0.05, 0.1) is 23.7 Å². The number of benzene rings is 1. The molecule has 1 heterocycles. The zero-order valence-corrected chi connectivity index (χ0v) is 13.6. The summed E-state index contributed by atoms with van der Waals surface area (Å²) in [4.78, 5) is 14.6. The normalized spacial score (nSPS) is 16.5. The van der Waals surface area contributed by atoms with E-state index >= 15 is 0 Å². The van der Waals surface area contributed by atoms with E-state index in [-0.39, 0.29) is 11.4 Å². The van der Waals surface area contributed by atoms with Crippen LogP contribution in [0.4, 0.5) is 15.8 Å². The van der Waals surface area contributed by atoms with Gasteiger partial charge in [0.15, 0.2) is 11.6 Å². The SMILES string of the molecule is COc1cc(N2CCN(CC(C)(C)O)CC2)c([N+](=O)[O-])cc1F. The van der Waals surface area contributed by atoms with Crippen molar-refractivity contribution in [3.05, 3.63) is 28.1 Å². The number of nitro groups is 1. The molecule has 128 valence electrons. The standard InChI is InChI=1S/C15H22FN3O4/c1-15(2,20)10-17-4-6-18(7-5-17)12-9-14(23-3)11(16)8-13(12)19(21)22/h8-9,20H,4-7,10H2,1-3H3. The van der Waals surface area contributed by atoms with Gasteiger partial charge >= 0.3 is 0 Å². The van der Waals surface area contributed by atoms with Crippen LogP contribution in [0.25, 0.3) is 0 Å². The molecule has 0 amide bonds. The maximum Gasteiger partial charge on any atom is 0.295 e. The monoisotopic (exact) mass is 327 g/mol. The summed E-state index contributed by atoms with van der Waals surface area (Å²) in [6.07, 6.45) is 0. The van der Waals surface area contributed by atoms with Crippen molar-refractivity contribution < 1.29 is 19.2 Å². The van der Waals surface area contributed by atoms with Gasteiger partial charge in [-0.1, -0.05) is 0 Å². The summed E-state index contributed by atoms with van der Waals surface area (Å²) in [7, 11) is 1.33. The first-order valence-electron chi connectivity index (χ1n) is 7.43. The summed E-state index contributed by atoms with van der Waals surface area (Å²) in [6, 6.07) is 2.27. The van der Waals surface area contributed by atoms with Crippen LogP contribution in [0.15, 0.2) is 12.1 Å². The van der Waals surface area contributed by atoms with Crippen molar-refractivity contribution in [1.82, 2.24) is 4.90 Å². The predicted octanol–water partition coefficient (Wildman–Crippen LogP) is 1.64. The van der Waals surface area contributed by atoms with E-state index in [2.05, 4.69) is 4.90 Å². The smallest absolute Gasteiger partial charge is 0.295 e. The van der Waals surface area contributed by atoms with Crippen molar-refractivity contribution in [2.75, 3.05) is 44.7 Å². The van der Waals surface area contributed by atoms with E-state index in [1.165, 1.54) is 13.2 Å². The van der Waals surface area contributed by atoms with Crippen LogP contribution in [0.1, 0.15) is 13.8 Å². The van der Waals surface area contributed by atoms with Gasteiger partial charge in [0.2, 0.25) is 0 Å². The minimum absolute atomic E-state index is 0.00970. The third kappa shape index (κ3) is 4.29. The molecule has 23 heavy (non-hydrogen) atoms. The maximum absolute atomic E-state index is 13.7. The first kappa shape index (κ1) is 17.4. The van der Waals surface area contributed by atoms with Crippen LogP contribution in [0, 0.1) is 15.9 Å². The molecular formula is C15H22FN3O4. The lowest BCUT2D eigenvalue weighted by Crippen LogP contribution is -2.50. The molecule has 0 unspecified atom stereocenters. The van der Waals surface area contributed by atoms with Crippen molar-refractivity contribution >= 4 is 11.4 Å². The van der Waals surface area contributed by atoms with Crippen molar-refractivity contribution in [2.24, 2.45) is 0 Å². The molecule has 0 spiro atoms. The predicted molar refractivity (Wildman–Crippen MR) is 84.6 cm³/mol. The van der Waals surface area contributed by atoms with Crippen LogP contribution >= 0.6 is 0 Å². The fraction of sp³-hybridized carbons (Fsp3) is 0.600. The molecule has 0 atom stereocenters. The quantitative estimate of drug-likeness (QED) is 0.654. The summed E-state index contributed by atoms with van der Waals surface area (Å²) >= 11 is 0. The van der Waals surface area contributed by atoms with E-state index in [4.69, 9.17) is 4.74 Å². The minimum Gasteiger partial charge on any atom is -0.494 e. The van der Waals surface area contributed by atoms with E-state index in [0.717, 1.165) is 6.07 Å². The third-order valence-electron chi connectivity index (χ3n) is 3.77. The maximum atomic E-state index is 13.7. The highest BCUT2D eigenvalue weighted by Gasteiger charge is 2.28. The fourth-order valence-corrected chi connectivity index (χ4v) is 2.78. The molecule has 1 aliphatic heterocycles. The van der Waals surface area contributed by atoms with Crippen LogP contribution in [0.2, 0.25) is 0 Å². The van der Waals surface area contributed by atoms with Crippen LogP contribution < -0.4 is 9.64 Å². The topological polar surface area (TPSA) is 79.1 Å². The first-order valence-corrected chi connectivity index (χ1v) is 7.43. The van der Waals surface area contributed by atoms with E-state index in [0.29, 0.717) is 38.4 Å². The van der Waals surface area contributed by atoms with E-state index in [1.54, 1.807) is 13.8 Å². The van der Waals surface area contributed by atoms with Crippen LogP contribution in [0.5, 0.6) is 5.75 Å². The molecule has 1 fully saturated rings. The van der Waals surface area contributed by atoms with Gasteiger partial charge in [0.1, 0.15) is 5.69 Å². The molecule has 0 aromatic heterocycles. The Morgan fingerprint density at radius 3 is 2.43 bits per heavy atom. The molecule has 1 aromatic carbocycles. The number of rotatable bonds is 5. The number of piperazine rings is 1. The number of hydrogen-bond acceptors (Lipinski definition) is 6. The summed E-state index contributed by atoms with van der Waals surface area (Å²) in [6.45, 7) is 6.48. The van der Waals surface area contributed by atoms with E-state index < -0.39 is 16.3 Å². The Morgan fingerprint density at radius 2 is 1.96 bits per heavy atom. The summed E-state index contributed by atoms with van der Waals surface area (Å²) in [5.41, 5.74) is -0.692. The number of nitro benzene ring substituents is 1. The molecule has 0 bridgehead atoms. The number of β-amino-alcohol motifs (C(OH)–C–C–N with tert-alkyl or cyclic N) is 1. The first-order chi connectivity index (χ1) is 10.7. The largest absolute Gasteiger partial charge is 0.494 e.